The summed E-state index contributed by atoms with van der Waals surface area (Å²) in [6.45, 7) is 3.43. The lowest BCUT2D eigenvalue weighted by atomic mass is 9.98. The number of nitrogens with zero attached hydrogens (tertiary/aromatic N) is 2. The van der Waals surface area contributed by atoms with Crippen LogP contribution in [-0.2, 0) is 13.0 Å². The van der Waals surface area contributed by atoms with Crippen LogP contribution in [0.3, 0.4) is 0 Å². The van der Waals surface area contributed by atoms with E-state index in [0.717, 1.165) is 36.2 Å². The Morgan fingerprint density at radius 2 is 2.26 bits per heavy atom. The number of hydrogen-bond donors (Lipinski definition) is 2. The van der Waals surface area contributed by atoms with E-state index < -0.39 is 0 Å². The molecule has 0 radical (unpaired) electrons. The second-order valence-corrected chi connectivity index (χ2v) is 5.62. The van der Waals surface area contributed by atoms with Crippen molar-refractivity contribution >= 4 is 22.7 Å². The van der Waals surface area contributed by atoms with E-state index in [9.17, 15) is 4.79 Å². The Bertz CT molecular complexity index is 901. The zero-order valence-electron chi connectivity index (χ0n) is 12.7. The van der Waals surface area contributed by atoms with Gasteiger partial charge in [-0.05, 0) is 42.3 Å². The summed E-state index contributed by atoms with van der Waals surface area (Å²) in [5, 5.41) is 6.22. The number of hydrogen-bond acceptors (Lipinski definition) is 5. The largest absolute Gasteiger partial charge is 0.441 e. The molecule has 6 heteroatoms. The number of aryl methyl sites for hydroxylation is 1. The van der Waals surface area contributed by atoms with E-state index in [1.54, 1.807) is 13.1 Å². The minimum Gasteiger partial charge on any atom is -0.441 e. The zero-order valence-corrected chi connectivity index (χ0v) is 12.7. The monoisotopic (exact) mass is 308 g/mol. The second kappa shape index (κ2) is 5.48. The van der Waals surface area contributed by atoms with E-state index in [4.69, 9.17) is 4.42 Å². The topological polar surface area (TPSA) is 80.0 Å². The number of nitrogens with one attached hydrogen (secondary N) is 2. The van der Waals surface area contributed by atoms with Crippen molar-refractivity contribution in [2.24, 2.45) is 0 Å². The molecule has 3 heterocycles. The molecule has 4 rings (SSSR count). The number of benzene rings is 1. The molecule has 0 bridgehead atoms. The molecule has 0 aliphatic carbocycles. The fourth-order valence-electron chi connectivity index (χ4n) is 2.93. The van der Waals surface area contributed by atoms with E-state index in [1.807, 2.05) is 24.4 Å². The molecule has 0 saturated carbocycles. The Morgan fingerprint density at radius 1 is 1.35 bits per heavy atom. The van der Waals surface area contributed by atoms with Gasteiger partial charge in [0.05, 0.1) is 5.56 Å². The highest BCUT2D eigenvalue weighted by Gasteiger charge is 2.18. The van der Waals surface area contributed by atoms with Crippen LogP contribution in [0.15, 0.2) is 35.0 Å². The molecule has 1 amide bonds. The molecule has 6 nitrogen and oxygen atoms in total. The molecule has 1 aliphatic rings. The number of anilines is 1. The minimum absolute atomic E-state index is 0.143. The number of oxazole rings is 1. The van der Waals surface area contributed by atoms with Crippen molar-refractivity contribution in [3.8, 4) is 0 Å². The number of rotatable bonds is 2. The van der Waals surface area contributed by atoms with E-state index in [0.29, 0.717) is 22.7 Å². The van der Waals surface area contributed by atoms with Crippen LogP contribution in [-0.4, -0.2) is 22.4 Å². The molecular formula is C17H16N4O2. The lowest BCUT2D eigenvalue weighted by molar-refractivity contribution is 0.102. The number of carbonyl (C=O) groups excluding carboxylic acids is 1. The Morgan fingerprint density at radius 3 is 3.17 bits per heavy atom. The van der Waals surface area contributed by atoms with Crippen molar-refractivity contribution in [3.63, 3.8) is 0 Å². The molecule has 2 aromatic heterocycles. The van der Waals surface area contributed by atoms with Gasteiger partial charge in [0.15, 0.2) is 11.5 Å². The highest BCUT2D eigenvalue weighted by molar-refractivity contribution is 6.05. The van der Waals surface area contributed by atoms with Crippen LogP contribution in [0.4, 0.5) is 5.69 Å². The Balaban J connectivity index is 1.64. The van der Waals surface area contributed by atoms with Gasteiger partial charge < -0.3 is 15.1 Å². The van der Waals surface area contributed by atoms with Gasteiger partial charge >= 0.3 is 0 Å². The Hall–Kier alpha value is -2.73. The first-order valence-electron chi connectivity index (χ1n) is 7.56. The maximum atomic E-state index is 12.6. The lowest BCUT2D eigenvalue weighted by Crippen LogP contribution is -2.27. The summed E-state index contributed by atoms with van der Waals surface area (Å²) in [4.78, 5) is 21.1. The van der Waals surface area contributed by atoms with Crippen LogP contribution in [0.25, 0.3) is 11.1 Å². The smallest absolute Gasteiger partial charge is 0.257 e. The van der Waals surface area contributed by atoms with Gasteiger partial charge in [0.1, 0.15) is 5.52 Å². The van der Waals surface area contributed by atoms with Crippen molar-refractivity contribution in [2.75, 3.05) is 11.9 Å². The SMILES string of the molecule is Cc1nc2cc(NC(=O)c3cncc4c3CCNC4)ccc2o1. The van der Waals surface area contributed by atoms with Gasteiger partial charge in [0.2, 0.25) is 0 Å². The Labute approximate surface area is 132 Å². The number of carbonyl (C=O) groups is 1. The molecule has 3 aromatic rings. The average molecular weight is 308 g/mol. The number of pyridine rings is 1. The molecule has 0 atom stereocenters. The summed E-state index contributed by atoms with van der Waals surface area (Å²) in [7, 11) is 0. The third-order valence-electron chi connectivity index (χ3n) is 4.01. The van der Waals surface area contributed by atoms with Crippen LogP contribution < -0.4 is 10.6 Å². The van der Waals surface area contributed by atoms with Gasteiger partial charge in [-0.15, -0.1) is 0 Å². The van der Waals surface area contributed by atoms with Crippen LogP contribution in [0.1, 0.15) is 27.4 Å². The standard InChI is InChI=1S/C17H16N4O2/c1-10-20-15-6-12(2-3-16(15)23-10)21-17(22)14-9-19-8-11-7-18-5-4-13(11)14/h2-3,6,8-9,18H,4-5,7H2,1H3,(H,21,22). The summed E-state index contributed by atoms with van der Waals surface area (Å²) in [5.74, 6) is 0.466. The maximum absolute atomic E-state index is 12.6. The molecular weight excluding hydrogens is 292 g/mol. The van der Waals surface area contributed by atoms with Gasteiger partial charge in [-0.25, -0.2) is 4.98 Å². The molecule has 0 unspecified atom stereocenters. The quantitative estimate of drug-likeness (QED) is 0.760. The maximum Gasteiger partial charge on any atom is 0.257 e. The molecule has 116 valence electrons. The molecule has 1 aliphatic heterocycles. The second-order valence-electron chi connectivity index (χ2n) is 5.62. The first-order chi connectivity index (χ1) is 11.2. The summed E-state index contributed by atoms with van der Waals surface area (Å²) in [6, 6.07) is 5.44. The predicted octanol–water partition coefficient (Wildman–Crippen LogP) is 2.43. The fourth-order valence-corrected chi connectivity index (χ4v) is 2.93. The number of fused-ring (bicyclic) bond motifs is 2. The highest BCUT2D eigenvalue weighted by Crippen LogP contribution is 2.22. The van der Waals surface area contributed by atoms with Crippen LogP contribution >= 0.6 is 0 Å². The third kappa shape index (κ3) is 2.57. The van der Waals surface area contributed by atoms with Gasteiger partial charge in [-0.3, -0.25) is 9.78 Å². The molecule has 0 saturated heterocycles. The fraction of sp³-hybridized carbons (Fsp3) is 0.235. The van der Waals surface area contributed by atoms with Crippen LogP contribution in [0, 0.1) is 6.92 Å². The summed E-state index contributed by atoms with van der Waals surface area (Å²) in [5.41, 5.74) is 4.95. The van der Waals surface area contributed by atoms with Gasteiger partial charge in [-0.2, -0.15) is 0 Å². The molecule has 2 N–H and O–H groups in total. The van der Waals surface area contributed by atoms with Crippen LogP contribution in [0.2, 0.25) is 0 Å². The first kappa shape index (κ1) is 13.9. The number of aromatic nitrogens is 2. The van der Waals surface area contributed by atoms with Crippen molar-refractivity contribution in [1.29, 1.82) is 0 Å². The van der Waals surface area contributed by atoms with Crippen molar-refractivity contribution < 1.29 is 9.21 Å². The Kier molecular flexibility index (Phi) is 3.31. The molecule has 23 heavy (non-hydrogen) atoms. The van der Waals surface area contributed by atoms with Gasteiger partial charge in [0.25, 0.3) is 5.91 Å². The summed E-state index contributed by atoms with van der Waals surface area (Å²) >= 11 is 0. The molecule has 1 aromatic carbocycles. The summed E-state index contributed by atoms with van der Waals surface area (Å²) in [6.07, 6.45) is 4.29. The van der Waals surface area contributed by atoms with E-state index in [-0.39, 0.29) is 5.91 Å². The number of amides is 1. The lowest BCUT2D eigenvalue weighted by Gasteiger charge is -2.19. The molecule has 0 spiro atoms. The first-order valence-corrected chi connectivity index (χ1v) is 7.56. The van der Waals surface area contributed by atoms with Crippen molar-refractivity contribution in [2.45, 2.75) is 19.9 Å². The van der Waals surface area contributed by atoms with Gasteiger partial charge in [0, 0.05) is 31.5 Å². The van der Waals surface area contributed by atoms with Crippen LogP contribution in [0.5, 0.6) is 0 Å². The molecule has 0 fully saturated rings. The summed E-state index contributed by atoms with van der Waals surface area (Å²) < 4.78 is 5.45. The normalized spacial score (nSPS) is 13.8. The minimum atomic E-state index is -0.143. The zero-order chi connectivity index (χ0) is 15.8. The van der Waals surface area contributed by atoms with Crippen molar-refractivity contribution in [1.82, 2.24) is 15.3 Å². The highest BCUT2D eigenvalue weighted by atomic mass is 16.3. The average Bonchev–Trinajstić information content (AvgIpc) is 2.93. The van der Waals surface area contributed by atoms with E-state index in [2.05, 4.69) is 20.6 Å². The van der Waals surface area contributed by atoms with E-state index >= 15 is 0 Å². The predicted molar refractivity (Wildman–Crippen MR) is 86.3 cm³/mol. The van der Waals surface area contributed by atoms with E-state index in [1.165, 1.54) is 0 Å². The van der Waals surface area contributed by atoms with Crippen molar-refractivity contribution in [3.05, 3.63) is 53.2 Å². The van der Waals surface area contributed by atoms with Gasteiger partial charge in [-0.1, -0.05) is 0 Å². The third-order valence-corrected chi connectivity index (χ3v) is 4.01.